The van der Waals surface area contributed by atoms with Crippen molar-refractivity contribution in [3.05, 3.63) is 59.4 Å². The Labute approximate surface area is 161 Å². The van der Waals surface area contributed by atoms with Crippen LogP contribution in [0, 0.1) is 5.82 Å². The second-order valence-corrected chi connectivity index (χ2v) is 6.72. The summed E-state index contributed by atoms with van der Waals surface area (Å²) in [5, 5.41) is 0. The highest BCUT2D eigenvalue weighted by Crippen LogP contribution is 2.26. The number of benzene rings is 2. The van der Waals surface area contributed by atoms with Crippen LogP contribution in [0.4, 0.5) is 4.39 Å². The lowest BCUT2D eigenvalue weighted by molar-refractivity contribution is -0.134. The van der Waals surface area contributed by atoms with Gasteiger partial charge < -0.3 is 9.47 Å². The van der Waals surface area contributed by atoms with Gasteiger partial charge in [-0.1, -0.05) is 12.1 Å². The van der Waals surface area contributed by atoms with Crippen LogP contribution >= 0.6 is 0 Å². The van der Waals surface area contributed by atoms with E-state index in [9.17, 15) is 18.8 Å². The van der Waals surface area contributed by atoms with Crippen LogP contribution < -0.4 is 9.47 Å². The van der Waals surface area contributed by atoms with Crippen molar-refractivity contribution in [2.45, 2.75) is 33.0 Å². The third-order valence-corrected chi connectivity index (χ3v) is 4.20. The first-order valence-corrected chi connectivity index (χ1v) is 8.88. The topological polar surface area (TPSA) is 72.9 Å². The van der Waals surface area contributed by atoms with Crippen LogP contribution in [0.25, 0.3) is 0 Å². The van der Waals surface area contributed by atoms with Gasteiger partial charge in [0.05, 0.1) is 18.2 Å². The summed E-state index contributed by atoms with van der Waals surface area (Å²) in [6, 6.07) is 10.3. The van der Waals surface area contributed by atoms with E-state index in [4.69, 9.17) is 9.47 Å². The van der Waals surface area contributed by atoms with Crippen molar-refractivity contribution in [2.75, 3.05) is 6.54 Å². The average molecular weight is 385 g/mol. The summed E-state index contributed by atoms with van der Waals surface area (Å²) in [6.07, 6.45) is -1.15. The Kier molecular flexibility index (Phi) is 5.44. The number of hydrogen-bond acceptors (Lipinski definition) is 5. The van der Waals surface area contributed by atoms with E-state index in [2.05, 4.69) is 0 Å². The maximum Gasteiger partial charge on any atom is 0.270 e. The number of para-hydroxylation sites is 1. The van der Waals surface area contributed by atoms with Crippen LogP contribution in [0.2, 0.25) is 0 Å². The number of carbonyl (C=O) groups is 3. The highest BCUT2D eigenvalue weighted by molar-refractivity contribution is 6.12. The number of hydrogen-bond donors (Lipinski definition) is 0. The summed E-state index contributed by atoms with van der Waals surface area (Å²) in [6.45, 7) is 4.52. The molecule has 0 radical (unpaired) electrons. The minimum absolute atomic E-state index is 0.0319. The standard InChI is InChI=1S/C21H20FNO5/c1-12(2)27-19-9-8-14(10-16(19)22)17(24)11-23-20(25)13(3)28-18-7-5-4-6-15(18)21(23)26/h4-10,12-13H,11H2,1-3H3. The van der Waals surface area contributed by atoms with Gasteiger partial charge in [-0.25, -0.2) is 4.39 Å². The van der Waals surface area contributed by atoms with E-state index in [0.29, 0.717) is 0 Å². The lowest BCUT2D eigenvalue weighted by atomic mass is 10.1. The minimum Gasteiger partial charge on any atom is -0.488 e. The molecule has 1 aliphatic rings. The maximum absolute atomic E-state index is 14.2. The van der Waals surface area contributed by atoms with E-state index in [-0.39, 0.29) is 28.7 Å². The second kappa shape index (κ2) is 7.80. The highest BCUT2D eigenvalue weighted by Gasteiger charge is 2.35. The summed E-state index contributed by atoms with van der Waals surface area (Å²) in [5.41, 5.74) is 0.236. The Morgan fingerprint density at radius 1 is 1.21 bits per heavy atom. The molecule has 2 amide bonds. The summed E-state index contributed by atoms with van der Waals surface area (Å²) in [5.74, 6) is -2.19. The van der Waals surface area contributed by atoms with E-state index in [0.717, 1.165) is 11.0 Å². The number of halogens is 1. The molecule has 6 nitrogen and oxygen atoms in total. The third-order valence-electron chi connectivity index (χ3n) is 4.20. The molecule has 1 atom stereocenters. The molecule has 146 valence electrons. The first kappa shape index (κ1) is 19.5. The molecule has 0 N–H and O–H groups in total. The maximum atomic E-state index is 14.2. The summed E-state index contributed by atoms with van der Waals surface area (Å²) in [7, 11) is 0. The van der Waals surface area contributed by atoms with Crippen LogP contribution in [0.1, 0.15) is 41.5 Å². The summed E-state index contributed by atoms with van der Waals surface area (Å²) in [4.78, 5) is 38.8. The zero-order valence-corrected chi connectivity index (χ0v) is 15.8. The first-order valence-electron chi connectivity index (χ1n) is 8.88. The van der Waals surface area contributed by atoms with Crippen molar-refractivity contribution in [2.24, 2.45) is 0 Å². The lowest BCUT2D eigenvalue weighted by Crippen LogP contribution is -2.44. The van der Waals surface area contributed by atoms with Gasteiger partial charge >= 0.3 is 0 Å². The molecular weight excluding hydrogens is 365 g/mol. The average Bonchev–Trinajstić information content (AvgIpc) is 2.74. The Balaban J connectivity index is 1.85. The zero-order chi connectivity index (χ0) is 20.4. The van der Waals surface area contributed by atoms with Crippen molar-refractivity contribution >= 4 is 17.6 Å². The van der Waals surface area contributed by atoms with Crippen LogP contribution in [0.15, 0.2) is 42.5 Å². The molecular formula is C21H20FNO5. The highest BCUT2D eigenvalue weighted by atomic mass is 19.1. The number of amides is 2. The zero-order valence-electron chi connectivity index (χ0n) is 15.8. The van der Waals surface area contributed by atoms with E-state index in [1.807, 2.05) is 0 Å². The number of fused-ring (bicyclic) bond motifs is 1. The number of imide groups is 1. The Morgan fingerprint density at radius 2 is 1.93 bits per heavy atom. The molecule has 7 heteroatoms. The van der Waals surface area contributed by atoms with Gasteiger partial charge in [-0.15, -0.1) is 0 Å². The monoisotopic (exact) mass is 385 g/mol. The lowest BCUT2D eigenvalue weighted by Gasteiger charge is -2.20. The van der Waals surface area contributed by atoms with Gasteiger partial charge in [0.2, 0.25) is 0 Å². The number of Topliss-reactive ketones (excluding diaryl/α,β-unsaturated/α-hetero) is 1. The number of ether oxygens (including phenoxy) is 2. The van der Waals surface area contributed by atoms with Crippen LogP contribution in [0.3, 0.4) is 0 Å². The molecule has 0 saturated heterocycles. The van der Waals surface area contributed by atoms with E-state index < -0.39 is 36.1 Å². The Bertz CT molecular complexity index is 940. The Morgan fingerprint density at radius 3 is 2.61 bits per heavy atom. The fourth-order valence-corrected chi connectivity index (χ4v) is 2.86. The number of nitrogens with zero attached hydrogens (tertiary/aromatic N) is 1. The molecule has 0 bridgehead atoms. The van der Waals surface area contributed by atoms with Gasteiger partial charge in [0.1, 0.15) is 5.75 Å². The third kappa shape index (κ3) is 3.88. The largest absolute Gasteiger partial charge is 0.488 e. The molecule has 0 saturated carbocycles. The molecule has 0 spiro atoms. The molecule has 1 aliphatic heterocycles. The molecule has 0 fully saturated rings. The van der Waals surface area contributed by atoms with E-state index in [1.165, 1.54) is 25.1 Å². The Hall–Kier alpha value is -3.22. The molecule has 0 aliphatic carbocycles. The smallest absolute Gasteiger partial charge is 0.270 e. The molecule has 1 unspecified atom stereocenters. The molecule has 2 aromatic carbocycles. The van der Waals surface area contributed by atoms with Gasteiger partial charge in [-0.3, -0.25) is 19.3 Å². The SMILES string of the molecule is CC(C)Oc1ccc(C(=O)CN2C(=O)c3ccccc3OC(C)C2=O)cc1F. The second-order valence-electron chi connectivity index (χ2n) is 6.72. The van der Waals surface area contributed by atoms with E-state index >= 15 is 0 Å². The van der Waals surface area contributed by atoms with Crippen LogP contribution in [-0.4, -0.2) is 41.3 Å². The quantitative estimate of drug-likeness (QED) is 0.584. The normalized spacial score (nSPS) is 16.5. The van der Waals surface area contributed by atoms with Gasteiger partial charge in [0, 0.05) is 5.56 Å². The predicted molar refractivity (Wildman–Crippen MR) is 99.1 cm³/mol. The molecule has 0 aromatic heterocycles. The fraction of sp³-hybridized carbons (Fsp3) is 0.286. The first-order chi connectivity index (χ1) is 13.3. The fourth-order valence-electron chi connectivity index (χ4n) is 2.86. The molecule has 28 heavy (non-hydrogen) atoms. The van der Waals surface area contributed by atoms with Crippen molar-refractivity contribution in [3.63, 3.8) is 0 Å². The minimum atomic E-state index is -0.932. The molecule has 1 heterocycles. The van der Waals surface area contributed by atoms with Gasteiger partial charge in [-0.2, -0.15) is 0 Å². The molecule has 3 rings (SSSR count). The number of carbonyl (C=O) groups excluding carboxylic acids is 3. The predicted octanol–water partition coefficient (Wildman–Crippen LogP) is 3.25. The van der Waals surface area contributed by atoms with Gasteiger partial charge in [-0.05, 0) is 51.1 Å². The van der Waals surface area contributed by atoms with Crippen molar-refractivity contribution in [1.29, 1.82) is 0 Å². The van der Waals surface area contributed by atoms with Crippen molar-refractivity contribution < 1.29 is 28.2 Å². The molecule has 2 aromatic rings. The van der Waals surface area contributed by atoms with Gasteiger partial charge in [0.25, 0.3) is 11.8 Å². The van der Waals surface area contributed by atoms with Gasteiger partial charge in [0.15, 0.2) is 23.5 Å². The van der Waals surface area contributed by atoms with Crippen molar-refractivity contribution in [1.82, 2.24) is 4.90 Å². The van der Waals surface area contributed by atoms with Crippen molar-refractivity contribution in [3.8, 4) is 11.5 Å². The van der Waals surface area contributed by atoms with Crippen LogP contribution in [0.5, 0.6) is 11.5 Å². The number of ketones is 1. The number of rotatable bonds is 5. The summed E-state index contributed by atoms with van der Waals surface area (Å²) >= 11 is 0. The van der Waals surface area contributed by atoms with E-state index in [1.54, 1.807) is 32.0 Å². The van der Waals surface area contributed by atoms with Crippen LogP contribution in [-0.2, 0) is 4.79 Å². The summed E-state index contributed by atoms with van der Waals surface area (Å²) < 4.78 is 25.0.